The number of rotatable bonds is 7. The lowest BCUT2D eigenvalue weighted by molar-refractivity contribution is 0.318. The van der Waals surface area contributed by atoms with Crippen LogP contribution in [0, 0.1) is 0 Å². The molecule has 1 atom stereocenters. The van der Waals surface area contributed by atoms with E-state index in [9.17, 15) is 8.42 Å². The highest BCUT2D eigenvalue weighted by atomic mass is 32.2. The van der Waals surface area contributed by atoms with Gasteiger partial charge in [-0.1, -0.05) is 31.1 Å². The molecule has 130 valence electrons. The number of oxime groups is 1. The molecule has 0 aliphatic heterocycles. The van der Waals surface area contributed by atoms with Crippen molar-refractivity contribution in [2.45, 2.75) is 70.2 Å². The first-order valence-electron chi connectivity index (χ1n) is 7.74. The lowest BCUT2D eigenvalue weighted by Gasteiger charge is -2.35. The molecule has 0 heterocycles. The molecular weight excluding hydrogens is 312 g/mol. The molecule has 0 spiro atoms. The van der Waals surface area contributed by atoms with Crippen LogP contribution in [0.15, 0.2) is 34.3 Å². The second-order valence-electron chi connectivity index (χ2n) is 7.17. The van der Waals surface area contributed by atoms with Gasteiger partial charge in [-0.25, -0.2) is 0 Å². The van der Waals surface area contributed by atoms with Crippen molar-refractivity contribution in [1.29, 1.82) is 0 Å². The minimum absolute atomic E-state index is 0.0942. The summed E-state index contributed by atoms with van der Waals surface area (Å²) >= 11 is 0. The van der Waals surface area contributed by atoms with Crippen LogP contribution in [-0.2, 0) is 19.8 Å². The van der Waals surface area contributed by atoms with Gasteiger partial charge in [-0.3, -0.25) is 4.28 Å². The third-order valence-corrected chi connectivity index (χ3v) is 4.90. The standard InChI is InChI=1S/C17H28N2O3S/c1-7-17(6,12-16(4,5)18)14-8-10-15(11-9-14)23(20,21)22-19-13(2)3/h8-11H,7,12,18H2,1-6H3. The van der Waals surface area contributed by atoms with Crippen LogP contribution in [0.25, 0.3) is 0 Å². The van der Waals surface area contributed by atoms with Crippen LogP contribution >= 0.6 is 0 Å². The lowest BCUT2D eigenvalue weighted by Crippen LogP contribution is -2.40. The van der Waals surface area contributed by atoms with Gasteiger partial charge in [0, 0.05) is 5.54 Å². The van der Waals surface area contributed by atoms with Crippen molar-refractivity contribution in [2.24, 2.45) is 10.9 Å². The van der Waals surface area contributed by atoms with Gasteiger partial charge in [0.15, 0.2) is 0 Å². The maximum absolute atomic E-state index is 12.0. The summed E-state index contributed by atoms with van der Waals surface area (Å²) in [4.78, 5) is 0.0942. The summed E-state index contributed by atoms with van der Waals surface area (Å²) in [5.41, 5.74) is 7.36. The van der Waals surface area contributed by atoms with Gasteiger partial charge in [-0.15, -0.1) is 0 Å². The predicted octanol–water partition coefficient (Wildman–Crippen LogP) is 3.58. The fourth-order valence-corrected chi connectivity index (χ4v) is 3.43. The van der Waals surface area contributed by atoms with Gasteiger partial charge in [-0.2, -0.15) is 8.42 Å². The Morgan fingerprint density at radius 2 is 1.70 bits per heavy atom. The van der Waals surface area contributed by atoms with Gasteiger partial charge in [0.2, 0.25) is 0 Å². The number of benzene rings is 1. The van der Waals surface area contributed by atoms with E-state index in [-0.39, 0.29) is 15.8 Å². The molecule has 5 nitrogen and oxygen atoms in total. The van der Waals surface area contributed by atoms with Crippen molar-refractivity contribution in [3.8, 4) is 0 Å². The molecular formula is C17H28N2O3S. The molecule has 23 heavy (non-hydrogen) atoms. The Kier molecular flexibility index (Phi) is 5.99. The summed E-state index contributed by atoms with van der Waals surface area (Å²) in [6.45, 7) is 11.6. The average Bonchev–Trinajstić information content (AvgIpc) is 2.43. The van der Waals surface area contributed by atoms with Gasteiger partial charge in [0.05, 0.1) is 5.71 Å². The third kappa shape index (κ3) is 5.62. The lowest BCUT2D eigenvalue weighted by atomic mass is 9.72. The van der Waals surface area contributed by atoms with Crippen LogP contribution in [0.2, 0.25) is 0 Å². The molecule has 0 aromatic heterocycles. The number of nitrogens with zero attached hydrogens (tertiary/aromatic N) is 1. The Morgan fingerprint density at radius 3 is 2.09 bits per heavy atom. The smallest absolute Gasteiger partial charge is 0.326 e. The van der Waals surface area contributed by atoms with Crippen LogP contribution in [0.3, 0.4) is 0 Å². The molecule has 1 aromatic rings. The van der Waals surface area contributed by atoms with Crippen molar-refractivity contribution in [1.82, 2.24) is 0 Å². The molecule has 0 aliphatic rings. The normalized spacial score (nSPS) is 14.9. The molecule has 0 bridgehead atoms. The van der Waals surface area contributed by atoms with Crippen molar-refractivity contribution >= 4 is 15.8 Å². The number of nitrogens with two attached hydrogens (primary N) is 1. The van der Waals surface area contributed by atoms with Crippen LogP contribution in [0.1, 0.15) is 59.9 Å². The number of hydrogen-bond acceptors (Lipinski definition) is 5. The summed E-state index contributed by atoms with van der Waals surface area (Å²) in [5, 5.41) is 3.52. The molecule has 0 fully saturated rings. The van der Waals surface area contributed by atoms with Crippen molar-refractivity contribution in [3.05, 3.63) is 29.8 Å². The van der Waals surface area contributed by atoms with Gasteiger partial charge >= 0.3 is 10.1 Å². The summed E-state index contributed by atoms with van der Waals surface area (Å²) < 4.78 is 28.7. The van der Waals surface area contributed by atoms with Crippen LogP contribution in [0.4, 0.5) is 0 Å². The van der Waals surface area contributed by atoms with Crippen LogP contribution in [0.5, 0.6) is 0 Å². The molecule has 1 rings (SSSR count). The van der Waals surface area contributed by atoms with E-state index in [1.165, 1.54) is 0 Å². The average molecular weight is 340 g/mol. The molecule has 0 amide bonds. The molecule has 0 aliphatic carbocycles. The van der Waals surface area contributed by atoms with Crippen LogP contribution < -0.4 is 5.73 Å². The SMILES string of the molecule is CCC(C)(CC(C)(C)N)c1ccc(S(=O)(=O)ON=C(C)C)cc1. The zero-order valence-corrected chi connectivity index (χ0v) is 15.7. The molecule has 1 unspecified atom stereocenters. The van der Waals surface area contributed by atoms with E-state index in [4.69, 9.17) is 5.73 Å². The van der Waals surface area contributed by atoms with E-state index in [1.54, 1.807) is 26.0 Å². The Hall–Kier alpha value is -1.40. The molecule has 0 saturated carbocycles. The molecule has 6 heteroatoms. The van der Waals surface area contributed by atoms with Crippen molar-refractivity contribution in [3.63, 3.8) is 0 Å². The summed E-state index contributed by atoms with van der Waals surface area (Å²) in [7, 11) is -3.87. The molecule has 1 aromatic carbocycles. The Bertz CT molecular complexity index is 654. The summed E-state index contributed by atoms with van der Waals surface area (Å²) in [6.07, 6.45) is 1.72. The van der Waals surface area contributed by atoms with E-state index in [0.29, 0.717) is 5.71 Å². The quantitative estimate of drug-likeness (QED) is 0.607. The van der Waals surface area contributed by atoms with E-state index < -0.39 is 10.1 Å². The highest BCUT2D eigenvalue weighted by molar-refractivity contribution is 7.86. The maximum Gasteiger partial charge on any atom is 0.358 e. The molecule has 2 N–H and O–H groups in total. The second-order valence-corrected chi connectivity index (χ2v) is 8.70. The highest BCUT2D eigenvalue weighted by Gasteiger charge is 2.31. The first-order chi connectivity index (χ1) is 10.4. The monoisotopic (exact) mass is 340 g/mol. The first-order valence-corrected chi connectivity index (χ1v) is 9.15. The van der Waals surface area contributed by atoms with E-state index in [1.807, 2.05) is 26.0 Å². The van der Waals surface area contributed by atoms with Gasteiger partial charge < -0.3 is 5.73 Å². The first kappa shape index (κ1) is 19.6. The topological polar surface area (TPSA) is 81.8 Å². The Labute approximate surface area is 140 Å². The summed E-state index contributed by atoms with van der Waals surface area (Å²) in [6, 6.07) is 6.77. The second kappa shape index (κ2) is 7.01. The van der Waals surface area contributed by atoms with E-state index in [2.05, 4.69) is 23.3 Å². The Balaban J connectivity index is 3.10. The van der Waals surface area contributed by atoms with Gasteiger partial charge in [-0.05, 0) is 63.6 Å². The fraction of sp³-hybridized carbons (Fsp3) is 0.588. The maximum atomic E-state index is 12.0. The Morgan fingerprint density at radius 1 is 1.17 bits per heavy atom. The minimum Gasteiger partial charge on any atom is -0.326 e. The van der Waals surface area contributed by atoms with Gasteiger partial charge in [0.25, 0.3) is 0 Å². The zero-order valence-electron chi connectivity index (χ0n) is 14.9. The van der Waals surface area contributed by atoms with Gasteiger partial charge in [0.1, 0.15) is 4.90 Å². The molecule has 0 radical (unpaired) electrons. The molecule has 0 saturated heterocycles. The summed E-state index contributed by atoms with van der Waals surface area (Å²) in [5.74, 6) is 0. The predicted molar refractivity (Wildman–Crippen MR) is 94.0 cm³/mol. The van der Waals surface area contributed by atoms with Crippen molar-refractivity contribution < 1.29 is 12.7 Å². The fourth-order valence-electron chi connectivity index (χ4n) is 2.63. The highest BCUT2D eigenvalue weighted by Crippen LogP contribution is 2.35. The number of hydrogen-bond donors (Lipinski definition) is 1. The van der Waals surface area contributed by atoms with Crippen LogP contribution in [-0.4, -0.2) is 19.7 Å². The van der Waals surface area contributed by atoms with E-state index >= 15 is 0 Å². The zero-order chi connectivity index (χ0) is 17.9. The van der Waals surface area contributed by atoms with E-state index in [0.717, 1.165) is 18.4 Å². The third-order valence-electron chi connectivity index (χ3n) is 3.78. The van der Waals surface area contributed by atoms with Crippen molar-refractivity contribution in [2.75, 3.05) is 0 Å². The minimum atomic E-state index is -3.87. The largest absolute Gasteiger partial charge is 0.358 e.